The zero-order valence-electron chi connectivity index (χ0n) is 13.6. The fourth-order valence-corrected chi connectivity index (χ4v) is 2.95. The van der Waals surface area contributed by atoms with Crippen molar-refractivity contribution < 1.29 is 14.3 Å². The van der Waals surface area contributed by atoms with Gasteiger partial charge in [-0.05, 0) is 18.8 Å². The number of hydrogen-bond acceptors (Lipinski definition) is 3. The van der Waals surface area contributed by atoms with Crippen LogP contribution in [0.25, 0.3) is 0 Å². The number of carbonyl (C=O) groups excluding carboxylic acids is 2. The monoisotopic (exact) mass is 296 g/mol. The molecule has 1 atom stereocenters. The van der Waals surface area contributed by atoms with Crippen molar-refractivity contribution in [3.05, 3.63) is 0 Å². The van der Waals surface area contributed by atoms with E-state index in [1.165, 1.54) is 0 Å². The van der Waals surface area contributed by atoms with Crippen LogP contribution in [0.1, 0.15) is 40.5 Å². The van der Waals surface area contributed by atoms with Gasteiger partial charge in [-0.1, -0.05) is 27.7 Å². The molecule has 2 saturated heterocycles. The Morgan fingerprint density at radius 2 is 1.90 bits per heavy atom. The Balaban J connectivity index is 1.70. The third kappa shape index (κ3) is 3.76. The predicted molar refractivity (Wildman–Crippen MR) is 80.7 cm³/mol. The van der Waals surface area contributed by atoms with Crippen LogP contribution in [0, 0.1) is 17.8 Å². The van der Waals surface area contributed by atoms with Gasteiger partial charge in [0.25, 0.3) is 0 Å². The van der Waals surface area contributed by atoms with Crippen molar-refractivity contribution in [2.45, 2.75) is 46.1 Å². The number of amides is 2. The Labute approximate surface area is 127 Å². The molecule has 0 bridgehead atoms. The Hall–Kier alpha value is -1.10. The van der Waals surface area contributed by atoms with E-state index in [2.05, 4.69) is 5.32 Å². The first kappa shape index (κ1) is 16.3. The van der Waals surface area contributed by atoms with E-state index in [0.717, 1.165) is 25.9 Å². The first-order valence-corrected chi connectivity index (χ1v) is 8.03. The Morgan fingerprint density at radius 3 is 2.38 bits per heavy atom. The summed E-state index contributed by atoms with van der Waals surface area (Å²) in [5.41, 5.74) is -0.108. The van der Waals surface area contributed by atoms with E-state index in [9.17, 15) is 9.59 Å². The van der Waals surface area contributed by atoms with Crippen molar-refractivity contribution in [3.8, 4) is 0 Å². The summed E-state index contributed by atoms with van der Waals surface area (Å²) in [6.07, 6.45) is 2.04. The highest BCUT2D eigenvalue weighted by molar-refractivity contribution is 5.79. The van der Waals surface area contributed by atoms with E-state index < -0.39 is 0 Å². The maximum Gasteiger partial charge on any atom is 0.225 e. The molecular weight excluding hydrogens is 268 g/mol. The summed E-state index contributed by atoms with van der Waals surface area (Å²) in [4.78, 5) is 25.3. The number of nitrogens with zero attached hydrogens (tertiary/aromatic N) is 1. The Kier molecular flexibility index (Phi) is 4.91. The molecule has 2 heterocycles. The van der Waals surface area contributed by atoms with Gasteiger partial charge in [0.15, 0.2) is 0 Å². The van der Waals surface area contributed by atoms with Gasteiger partial charge >= 0.3 is 0 Å². The highest BCUT2D eigenvalue weighted by atomic mass is 16.5. The van der Waals surface area contributed by atoms with E-state index >= 15 is 0 Å². The minimum Gasteiger partial charge on any atom is -0.371 e. The summed E-state index contributed by atoms with van der Waals surface area (Å²) in [6, 6.07) is 0. The molecule has 2 fully saturated rings. The van der Waals surface area contributed by atoms with Crippen LogP contribution in [-0.4, -0.2) is 48.6 Å². The van der Waals surface area contributed by atoms with Crippen molar-refractivity contribution in [2.75, 3.05) is 26.2 Å². The van der Waals surface area contributed by atoms with Crippen LogP contribution in [0.3, 0.4) is 0 Å². The molecule has 2 rings (SSSR count). The maximum absolute atomic E-state index is 11.9. The molecule has 0 aromatic heterocycles. The second-order valence-electron chi connectivity index (χ2n) is 7.15. The van der Waals surface area contributed by atoms with Crippen molar-refractivity contribution in [1.29, 1.82) is 0 Å². The lowest BCUT2D eigenvalue weighted by molar-refractivity contribution is -0.190. The number of hydrogen-bond donors (Lipinski definition) is 1. The zero-order chi connectivity index (χ0) is 15.6. The Morgan fingerprint density at radius 1 is 1.24 bits per heavy atom. The summed E-state index contributed by atoms with van der Waals surface area (Å²) < 4.78 is 6.02. The van der Waals surface area contributed by atoms with E-state index in [4.69, 9.17) is 4.74 Å². The maximum atomic E-state index is 11.9. The molecule has 0 aromatic rings. The molecule has 5 nitrogen and oxygen atoms in total. The molecule has 21 heavy (non-hydrogen) atoms. The van der Waals surface area contributed by atoms with E-state index in [-0.39, 0.29) is 29.3 Å². The molecule has 120 valence electrons. The van der Waals surface area contributed by atoms with Crippen molar-refractivity contribution in [2.24, 2.45) is 17.8 Å². The topological polar surface area (TPSA) is 58.6 Å². The zero-order valence-corrected chi connectivity index (χ0v) is 13.6. The summed E-state index contributed by atoms with van der Waals surface area (Å²) in [6.45, 7) is 10.5. The van der Waals surface area contributed by atoms with E-state index in [1.807, 2.05) is 32.6 Å². The Bertz CT molecular complexity index is 390. The number of likely N-dealkylation sites (tertiary alicyclic amines) is 1. The average Bonchev–Trinajstić information content (AvgIpc) is 2.41. The molecule has 0 aliphatic carbocycles. The van der Waals surface area contributed by atoms with Crippen LogP contribution in [0.15, 0.2) is 0 Å². The molecule has 2 amide bonds. The van der Waals surface area contributed by atoms with Crippen LogP contribution in [0.4, 0.5) is 0 Å². The molecule has 0 radical (unpaired) electrons. The lowest BCUT2D eigenvalue weighted by atomic mass is 9.82. The summed E-state index contributed by atoms with van der Waals surface area (Å²) >= 11 is 0. The molecule has 5 heteroatoms. The van der Waals surface area contributed by atoms with Gasteiger partial charge < -0.3 is 15.0 Å². The van der Waals surface area contributed by atoms with E-state index in [0.29, 0.717) is 19.1 Å². The third-order valence-electron chi connectivity index (χ3n) is 4.49. The number of rotatable bonds is 4. The van der Waals surface area contributed by atoms with Gasteiger partial charge in [-0.25, -0.2) is 0 Å². The van der Waals surface area contributed by atoms with Crippen molar-refractivity contribution in [3.63, 3.8) is 0 Å². The highest BCUT2D eigenvalue weighted by Gasteiger charge is 2.48. The average molecular weight is 296 g/mol. The lowest BCUT2D eigenvalue weighted by Gasteiger charge is -2.53. The molecule has 1 N–H and O–H groups in total. The molecule has 2 aliphatic rings. The minimum absolute atomic E-state index is 0.0306. The summed E-state index contributed by atoms with van der Waals surface area (Å²) in [7, 11) is 0. The summed E-state index contributed by atoms with van der Waals surface area (Å²) in [5, 5.41) is 2.97. The van der Waals surface area contributed by atoms with Gasteiger partial charge in [-0.15, -0.1) is 0 Å². The molecule has 0 aromatic carbocycles. The highest BCUT2D eigenvalue weighted by Crippen LogP contribution is 2.36. The molecule has 1 spiro atoms. The first-order valence-electron chi connectivity index (χ1n) is 8.03. The van der Waals surface area contributed by atoms with Gasteiger partial charge in [-0.3, -0.25) is 9.59 Å². The summed E-state index contributed by atoms with van der Waals surface area (Å²) in [5.74, 6) is 0.810. The number of ether oxygens (including phenoxy) is 1. The first-order chi connectivity index (χ1) is 9.83. The van der Waals surface area contributed by atoms with Crippen LogP contribution in [0.5, 0.6) is 0 Å². The van der Waals surface area contributed by atoms with Gasteiger partial charge in [0.2, 0.25) is 11.8 Å². The van der Waals surface area contributed by atoms with Gasteiger partial charge in [0.05, 0.1) is 19.7 Å². The predicted octanol–water partition coefficient (Wildman–Crippen LogP) is 1.42. The quantitative estimate of drug-likeness (QED) is 0.853. The standard InChI is InChI=1S/C16H28N2O3/c1-11(2)14(19)17-7-13-5-6-16(21-8-13)9-18(10-16)15(20)12(3)4/h11-13H,5-10H2,1-4H3,(H,17,19). The second kappa shape index (κ2) is 6.34. The SMILES string of the molecule is CC(C)C(=O)NCC1CCC2(CN(C(=O)C(C)C)C2)OC1. The van der Waals surface area contributed by atoms with Crippen LogP contribution < -0.4 is 5.32 Å². The van der Waals surface area contributed by atoms with Gasteiger partial charge in [-0.2, -0.15) is 0 Å². The lowest BCUT2D eigenvalue weighted by Crippen LogP contribution is -2.67. The number of carbonyl (C=O) groups is 2. The molecule has 2 aliphatic heterocycles. The fourth-order valence-electron chi connectivity index (χ4n) is 2.95. The largest absolute Gasteiger partial charge is 0.371 e. The number of nitrogens with one attached hydrogen (secondary N) is 1. The van der Waals surface area contributed by atoms with Crippen molar-refractivity contribution in [1.82, 2.24) is 10.2 Å². The third-order valence-corrected chi connectivity index (χ3v) is 4.49. The van der Waals surface area contributed by atoms with E-state index in [1.54, 1.807) is 0 Å². The van der Waals surface area contributed by atoms with Gasteiger partial charge in [0, 0.05) is 18.4 Å². The van der Waals surface area contributed by atoms with Crippen LogP contribution >= 0.6 is 0 Å². The molecular formula is C16H28N2O3. The molecule has 1 unspecified atom stereocenters. The minimum atomic E-state index is -0.108. The smallest absolute Gasteiger partial charge is 0.225 e. The fraction of sp³-hybridized carbons (Fsp3) is 0.875. The normalized spacial score (nSPS) is 24.3. The molecule has 0 saturated carbocycles. The van der Waals surface area contributed by atoms with Gasteiger partial charge in [0.1, 0.15) is 5.60 Å². The second-order valence-corrected chi connectivity index (χ2v) is 7.15. The van der Waals surface area contributed by atoms with Crippen molar-refractivity contribution >= 4 is 11.8 Å². The van der Waals surface area contributed by atoms with Crippen LogP contribution in [-0.2, 0) is 14.3 Å². The van der Waals surface area contributed by atoms with Crippen LogP contribution in [0.2, 0.25) is 0 Å².